The summed E-state index contributed by atoms with van der Waals surface area (Å²) in [5, 5.41) is 3.21. The first-order chi connectivity index (χ1) is 11.6. The predicted octanol–water partition coefficient (Wildman–Crippen LogP) is 4.10. The average molecular weight is 344 g/mol. The summed E-state index contributed by atoms with van der Waals surface area (Å²) in [5.41, 5.74) is 2.56. The van der Waals surface area contributed by atoms with Crippen molar-refractivity contribution in [1.29, 1.82) is 0 Å². The van der Waals surface area contributed by atoms with E-state index in [2.05, 4.69) is 12.2 Å². The molecule has 5 heteroatoms. The van der Waals surface area contributed by atoms with Gasteiger partial charge in [0.05, 0.1) is 0 Å². The van der Waals surface area contributed by atoms with Crippen molar-refractivity contribution in [3.05, 3.63) is 70.8 Å². The summed E-state index contributed by atoms with van der Waals surface area (Å²) in [6, 6.07) is 14.6. The third-order valence-electron chi connectivity index (χ3n) is 3.30. The number of hydrogen-bond donors (Lipinski definition) is 1. The maximum atomic E-state index is 11.8. The van der Waals surface area contributed by atoms with E-state index in [-0.39, 0.29) is 6.61 Å². The SMILES string of the molecule is CCc1ccc(NC(=O)COC(=O)/C=C/c2ccccc2Cl)cc1. The molecule has 0 radical (unpaired) electrons. The molecule has 0 fully saturated rings. The van der Waals surface area contributed by atoms with Crippen LogP contribution in [0.2, 0.25) is 5.02 Å². The molecule has 1 amide bonds. The van der Waals surface area contributed by atoms with Gasteiger partial charge in [0, 0.05) is 16.8 Å². The standard InChI is InChI=1S/C19H18ClNO3/c1-2-14-7-10-16(11-8-14)21-18(22)13-24-19(23)12-9-15-5-3-4-6-17(15)20/h3-12H,2,13H2,1H3,(H,21,22)/b12-9+. The summed E-state index contributed by atoms with van der Waals surface area (Å²) in [7, 11) is 0. The number of hydrogen-bond acceptors (Lipinski definition) is 3. The fourth-order valence-corrected chi connectivity index (χ4v) is 2.17. The second kappa shape index (κ2) is 8.89. The molecule has 2 aromatic carbocycles. The van der Waals surface area contributed by atoms with Crippen LogP contribution in [0.1, 0.15) is 18.1 Å². The number of aryl methyl sites for hydroxylation is 1. The Labute approximate surface area is 146 Å². The second-order valence-electron chi connectivity index (χ2n) is 5.06. The number of nitrogens with one attached hydrogen (secondary N) is 1. The van der Waals surface area contributed by atoms with Gasteiger partial charge in [0.15, 0.2) is 6.61 Å². The molecule has 4 nitrogen and oxygen atoms in total. The third-order valence-corrected chi connectivity index (χ3v) is 3.64. The normalized spacial score (nSPS) is 10.6. The largest absolute Gasteiger partial charge is 0.452 e. The van der Waals surface area contributed by atoms with Crippen LogP contribution in [0.15, 0.2) is 54.6 Å². The van der Waals surface area contributed by atoms with Crippen molar-refractivity contribution in [3.8, 4) is 0 Å². The van der Waals surface area contributed by atoms with Crippen LogP contribution in [-0.4, -0.2) is 18.5 Å². The van der Waals surface area contributed by atoms with Gasteiger partial charge < -0.3 is 10.1 Å². The molecule has 0 unspecified atom stereocenters. The van der Waals surface area contributed by atoms with E-state index in [0.717, 1.165) is 6.42 Å². The van der Waals surface area contributed by atoms with Crippen molar-refractivity contribution in [2.75, 3.05) is 11.9 Å². The van der Waals surface area contributed by atoms with E-state index in [9.17, 15) is 9.59 Å². The predicted molar refractivity (Wildman–Crippen MR) is 95.9 cm³/mol. The second-order valence-corrected chi connectivity index (χ2v) is 5.47. The number of carbonyl (C=O) groups excluding carboxylic acids is 2. The van der Waals surface area contributed by atoms with Crippen molar-refractivity contribution >= 4 is 35.2 Å². The van der Waals surface area contributed by atoms with Crippen molar-refractivity contribution < 1.29 is 14.3 Å². The fourth-order valence-electron chi connectivity index (χ4n) is 1.97. The van der Waals surface area contributed by atoms with Crippen LogP contribution in [0.25, 0.3) is 6.08 Å². The molecule has 2 rings (SSSR count). The molecule has 0 atom stereocenters. The Bertz CT molecular complexity index is 739. The molecular formula is C19H18ClNO3. The molecule has 0 aliphatic rings. The van der Waals surface area contributed by atoms with Crippen molar-refractivity contribution in [1.82, 2.24) is 0 Å². The van der Waals surface area contributed by atoms with Crippen LogP contribution < -0.4 is 5.32 Å². The zero-order valence-corrected chi connectivity index (χ0v) is 14.0. The summed E-state index contributed by atoms with van der Waals surface area (Å²) in [4.78, 5) is 23.4. The van der Waals surface area contributed by atoms with Crippen molar-refractivity contribution in [2.45, 2.75) is 13.3 Å². The lowest BCUT2D eigenvalue weighted by Gasteiger charge is -2.06. The minimum atomic E-state index is -0.605. The van der Waals surface area contributed by atoms with Gasteiger partial charge in [-0.05, 0) is 41.8 Å². The van der Waals surface area contributed by atoms with Gasteiger partial charge in [0.1, 0.15) is 0 Å². The maximum Gasteiger partial charge on any atom is 0.331 e. The number of amides is 1. The molecule has 0 aliphatic carbocycles. The fraction of sp³-hybridized carbons (Fsp3) is 0.158. The van der Waals surface area contributed by atoms with E-state index in [1.165, 1.54) is 11.6 Å². The molecule has 0 bridgehead atoms. The van der Waals surface area contributed by atoms with Gasteiger partial charge in [0.25, 0.3) is 5.91 Å². The summed E-state index contributed by atoms with van der Waals surface area (Å²) in [5.74, 6) is -0.995. The lowest BCUT2D eigenvalue weighted by molar-refractivity contribution is -0.142. The van der Waals surface area contributed by atoms with Crippen molar-refractivity contribution in [2.24, 2.45) is 0 Å². The molecule has 0 aromatic heterocycles. The molecule has 0 saturated heterocycles. The number of halogens is 1. The zero-order chi connectivity index (χ0) is 17.4. The zero-order valence-electron chi connectivity index (χ0n) is 13.3. The Hall–Kier alpha value is -2.59. The molecular weight excluding hydrogens is 326 g/mol. The highest BCUT2D eigenvalue weighted by molar-refractivity contribution is 6.32. The van der Waals surface area contributed by atoms with Crippen LogP contribution in [0.5, 0.6) is 0 Å². The van der Waals surface area contributed by atoms with Crippen LogP contribution in [0.4, 0.5) is 5.69 Å². The first-order valence-corrected chi connectivity index (χ1v) is 7.94. The molecule has 0 saturated carbocycles. The molecule has 0 aliphatic heterocycles. The van der Waals surface area contributed by atoms with Gasteiger partial charge in [-0.1, -0.05) is 48.9 Å². The third kappa shape index (κ3) is 5.56. The molecule has 1 N–H and O–H groups in total. The van der Waals surface area contributed by atoms with Gasteiger partial charge in [-0.3, -0.25) is 4.79 Å². The van der Waals surface area contributed by atoms with Crippen LogP contribution in [0.3, 0.4) is 0 Å². The minimum absolute atomic E-state index is 0.346. The quantitative estimate of drug-likeness (QED) is 0.634. The van der Waals surface area contributed by atoms with E-state index < -0.39 is 11.9 Å². The first-order valence-electron chi connectivity index (χ1n) is 7.56. The molecule has 0 heterocycles. The summed E-state index contributed by atoms with van der Waals surface area (Å²) in [6.45, 7) is 1.71. The number of esters is 1. The Balaban J connectivity index is 1.80. The molecule has 2 aromatic rings. The highest BCUT2D eigenvalue weighted by Crippen LogP contribution is 2.16. The number of anilines is 1. The summed E-state index contributed by atoms with van der Waals surface area (Å²) in [6.07, 6.45) is 3.72. The van der Waals surface area contributed by atoms with Crippen LogP contribution in [0, 0.1) is 0 Å². The number of rotatable bonds is 6. The lowest BCUT2D eigenvalue weighted by Crippen LogP contribution is -2.20. The monoisotopic (exact) mass is 343 g/mol. The van der Waals surface area contributed by atoms with Crippen LogP contribution >= 0.6 is 11.6 Å². The van der Waals surface area contributed by atoms with Gasteiger partial charge in [0.2, 0.25) is 0 Å². The Kier molecular flexibility index (Phi) is 6.58. The van der Waals surface area contributed by atoms with Crippen LogP contribution in [-0.2, 0) is 20.7 Å². The molecule has 0 spiro atoms. The summed E-state index contributed by atoms with van der Waals surface area (Å²) >= 11 is 5.98. The Morgan fingerprint density at radius 1 is 1.12 bits per heavy atom. The molecule has 24 heavy (non-hydrogen) atoms. The Morgan fingerprint density at radius 3 is 2.50 bits per heavy atom. The average Bonchev–Trinajstić information content (AvgIpc) is 2.60. The molecule has 124 valence electrons. The first kappa shape index (κ1) is 17.8. The minimum Gasteiger partial charge on any atom is -0.452 e. The van der Waals surface area contributed by atoms with Gasteiger partial charge >= 0.3 is 5.97 Å². The van der Waals surface area contributed by atoms with E-state index in [0.29, 0.717) is 16.3 Å². The Morgan fingerprint density at radius 2 is 1.83 bits per heavy atom. The van der Waals surface area contributed by atoms with E-state index >= 15 is 0 Å². The lowest BCUT2D eigenvalue weighted by atomic mass is 10.1. The number of benzene rings is 2. The van der Waals surface area contributed by atoms with Gasteiger partial charge in [-0.15, -0.1) is 0 Å². The summed E-state index contributed by atoms with van der Waals surface area (Å²) < 4.78 is 4.90. The van der Waals surface area contributed by atoms with Gasteiger partial charge in [-0.2, -0.15) is 0 Å². The number of carbonyl (C=O) groups is 2. The van der Waals surface area contributed by atoms with E-state index in [4.69, 9.17) is 16.3 Å². The van der Waals surface area contributed by atoms with Crippen molar-refractivity contribution in [3.63, 3.8) is 0 Å². The van der Waals surface area contributed by atoms with E-state index in [1.54, 1.807) is 24.3 Å². The number of ether oxygens (including phenoxy) is 1. The topological polar surface area (TPSA) is 55.4 Å². The highest BCUT2D eigenvalue weighted by Gasteiger charge is 2.06. The smallest absolute Gasteiger partial charge is 0.331 e. The van der Waals surface area contributed by atoms with E-state index in [1.807, 2.05) is 30.3 Å². The van der Waals surface area contributed by atoms with Gasteiger partial charge in [-0.25, -0.2) is 4.79 Å². The maximum absolute atomic E-state index is 11.8. The highest BCUT2D eigenvalue weighted by atomic mass is 35.5.